The SMILES string of the molecule is CCNC(=NCCC1CCN(C)CC1)NCCC(C)c1ccc(OC)cc1.I. The lowest BCUT2D eigenvalue weighted by Gasteiger charge is -2.28. The molecule has 0 aliphatic carbocycles. The first-order valence-corrected chi connectivity index (χ1v) is 10.5. The number of hydrogen-bond donors (Lipinski definition) is 2. The lowest BCUT2D eigenvalue weighted by atomic mass is 9.94. The average molecular weight is 502 g/mol. The molecule has 6 heteroatoms. The van der Waals surface area contributed by atoms with Crippen LogP contribution in [0.3, 0.4) is 0 Å². The minimum absolute atomic E-state index is 0. The van der Waals surface area contributed by atoms with Crippen LogP contribution in [0.15, 0.2) is 29.3 Å². The van der Waals surface area contributed by atoms with Crippen LogP contribution in [0.25, 0.3) is 0 Å². The van der Waals surface area contributed by atoms with Crippen LogP contribution >= 0.6 is 24.0 Å². The number of hydrogen-bond acceptors (Lipinski definition) is 3. The molecule has 0 aromatic heterocycles. The second-order valence-corrected chi connectivity index (χ2v) is 7.69. The summed E-state index contributed by atoms with van der Waals surface area (Å²) in [6, 6.07) is 8.39. The van der Waals surface area contributed by atoms with Crippen molar-refractivity contribution in [1.82, 2.24) is 15.5 Å². The maximum atomic E-state index is 5.24. The van der Waals surface area contributed by atoms with Gasteiger partial charge in [0.15, 0.2) is 5.96 Å². The topological polar surface area (TPSA) is 48.9 Å². The highest BCUT2D eigenvalue weighted by Gasteiger charge is 2.16. The lowest BCUT2D eigenvalue weighted by Crippen LogP contribution is -2.38. The number of nitrogens with one attached hydrogen (secondary N) is 2. The van der Waals surface area contributed by atoms with Crippen LogP contribution in [0.5, 0.6) is 5.75 Å². The maximum Gasteiger partial charge on any atom is 0.191 e. The molecule has 1 atom stereocenters. The van der Waals surface area contributed by atoms with Gasteiger partial charge in [-0.05, 0) is 82.3 Å². The highest BCUT2D eigenvalue weighted by Crippen LogP contribution is 2.21. The summed E-state index contributed by atoms with van der Waals surface area (Å²) in [6.07, 6.45) is 4.91. The monoisotopic (exact) mass is 502 g/mol. The third-order valence-electron chi connectivity index (χ3n) is 5.54. The van der Waals surface area contributed by atoms with Gasteiger partial charge in [0.1, 0.15) is 5.75 Å². The van der Waals surface area contributed by atoms with Crippen LogP contribution in [0.1, 0.15) is 51.0 Å². The van der Waals surface area contributed by atoms with Crippen LogP contribution in [0, 0.1) is 5.92 Å². The first-order valence-electron chi connectivity index (χ1n) is 10.5. The molecular formula is C22H39IN4O. The number of methoxy groups -OCH3 is 1. The maximum absolute atomic E-state index is 5.24. The molecule has 0 spiro atoms. The Morgan fingerprint density at radius 3 is 2.50 bits per heavy atom. The van der Waals surface area contributed by atoms with E-state index >= 15 is 0 Å². The number of ether oxygens (including phenoxy) is 1. The van der Waals surface area contributed by atoms with Gasteiger partial charge in [-0.3, -0.25) is 4.99 Å². The van der Waals surface area contributed by atoms with Gasteiger partial charge in [0, 0.05) is 19.6 Å². The largest absolute Gasteiger partial charge is 0.497 e. The minimum Gasteiger partial charge on any atom is -0.497 e. The minimum atomic E-state index is 0. The fourth-order valence-electron chi connectivity index (χ4n) is 3.56. The summed E-state index contributed by atoms with van der Waals surface area (Å²) in [7, 11) is 3.92. The Kier molecular flexibility index (Phi) is 12.5. The van der Waals surface area contributed by atoms with Gasteiger partial charge in [-0.1, -0.05) is 19.1 Å². The zero-order valence-electron chi connectivity index (χ0n) is 18.0. The third kappa shape index (κ3) is 8.99. The van der Waals surface area contributed by atoms with Gasteiger partial charge in [0.2, 0.25) is 0 Å². The molecule has 1 saturated heterocycles. The molecule has 0 amide bonds. The fourth-order valence-corrected chi connectivity index (χ4v) is 3.56. The predicted octanol–water partition coefficient (Wildman–Crippen LogP) is 4.09. The van der Waals surface area contributed by atoms with Gasteiger partial charge in [0.05, 0.1) is 7.11 Å². The summed E-state index contributed by atoms with van der Waals surface area (Å²) in [5.41, 5.74) is 1.35. The highest BCUT2D eigenvalue weighted by atomic mass is 127. The quantitative estimate of drug-likeness (QED) is 0.304. The Morgan fingerprint density at radius 1 is 1.21 bits per heavy atom. The van der Waals surface area contributed by atoms with Crippen LogP contribution in [-0.2, 0) is 0 Å². The summed E-state index contributed by atoms with van der Waals surface area (Å²) in [4.78, 5) is 7.21. The van der Waals surface area contributed by atoms with E-state index in [2.05, 4.69) is 48.6 Å². The summed E-state index contributed by atoms with van der Waals surface area (Å²) < 4.78 is 5.24. The van der Waals surface area contributed by atoms with Crippen molar-refractivity contribution in [3.05, 3.63) is 29.8 Å². The van der Waals surface area contributed by atoms with E-state index in [0.717, 1.165) is 43.7 Å². The standard InChI is InChI=1S/C22H38N4O.HI/c1-5-23-22(25-15-11-19-12-16-26(3)17-13-19)24-14-10-18(2)20-6-8-21(27-4)9-7-20;/h6-9,18-19H,5,10-17H2,1-4H3,(H2,23,24,25);1H. The van der Waals surface area contributed by atoms with Crippen LogP contribution in [-0.4, -0.2) is 57.7 Å². The van der Waals surface area contributed by atoms with Crippen LogP contribution in [0.2, 0.25) is 0 Å². The van der Waals surface area contributed by atoms with Gasteiger partial charge >= 0.3 is 0 Å². The first-order chi connectivity index (χ1) is 13.1. The Bertz CT molecular complexity index is 556. The molecule has 1 unspecified atom stereocenters. The number of guanidine groups is 1. The molecule has 28 heavy (non-hydrogen) atoms. The van der Waals surface area contributed by atoms with E-state index in [4.69, 9.17) is 9.73 Å². The van der Waals surface area contributed by atoms with E-state index in [1.54, 1.807) is 7.11 Å². The number of piperidine rings is 1. The lowest BCUT2D eigenvalue weighted by molar-refractivity contribution is 0.214. The van der Waals surface area contributed by atoms with Gasteiger partial charge in [-0.15, -0.1) is 24.0 Å². The third-order valence-corrected chi connectivity index (χ3v) is 5.54. The van der Waals surface area contributed by atoms with Gasteiger partial charge in [-0.25, -0.2) is 0 Å². The molecule has 0 radical (unpaired) electrons. The molecule has 0 saturated carbocycles. The van der Waals surface area contributed by atoms with Crippen molar-refractivity contribution in [2.75, 3.05) is 46.9 Å². The summed E-state index contributed by atoms with van der Waals surface area (Å²) in [5.74, 6) is 3.20. The number of aliphatic imine (C=N–C) groups is 1. The van der Waals surface area contributed by atoms with Crippen LogP contribution < -0.4 is 15.4 Å². The molecule has 1 aliphatic heterocycles. The Morgan fingerprint density at radius 2 is 1.89 bits per heavy atom. The molecule has 2 N–H and O–H groups in total. The second kappa shape index (κ2) is 14.0. The van der Waals surface area contributed by atoms with E-state index < -0.39 is 0 Å². The molecule has 160 valence electrons. The number of nitrogens with zero attached hydrogens (tertiary/aromatic N) is 2. The predicted molar refractivity (Wildman–Crippen MR) is 130 cm³/mol. The van der Waals surface area contributed by atoms with Crippen molar-refractivity contribution in [2.45, 2.75) is 45.4 Å². The van der Waals surface area contributed by atoms with Crippen LogP contribution in [0.4, 0.5) is 0 Å². The molecule has 1 fully saturated rings. The van der Waals surface area contributed by atoms with Crippen molar-refractivity contribution >= 4 is 29.9 Å². The first kappa shape index (κ1) is 25.0. The van der Waals surface area contributed by atoms with Crippen molar-refractivity contribution in [2.24, 2.45) is 10.9 Å². The number of benzene rings is 1. The normalized spacial score (nSPS) is 16.9. The van der Waals surface area contributed by atoms with E-state index in [9.17, 15) is 0 Å². The summed E-state index contributed by atoms with van der Waals surface area (Å²) in [5, 5.41) is 6.86. The molecule has 1 aromatic carbocycles. The van der Waals surface area contributed by atoms with Gasteiger partial charge < -0.3 is 20.3 Å². The van der Waals surface area contributed by atoms with E-state index in [1.807, 2.05) is 12.1 Å². The summed E-state index contributed by atoms with van der Waals surface area (Å²) in [6.45, 7) is 9.59. The molecule has 0 bridgehead atoms. The molecule has 1 aliphatic rings. The van der Waals surface area contributed by atoms with Gasteiger partial charge in [0.25, 0.3) is 0 Å². The molecule has 2 rings (SSSR count). The van der Waals surface area contributed by atoms with E-state index in [0.29, 0.717) is 5.92 Å². The Labute approximate surface area is 188 Å². The van der Waals surface area contributed by atoms with Crippen molar-refractivity contribution in [1.29, 1.82) is 0 Å². The van der Waals surface area contributed by atoms with Crippen molar-refractivity contribution in [3.63, 3.8) is 0 Å². The van der Waals surface area contributed by atoms with E-state index in [1.165, 1.54) is 37.9 Å². The number of halogens is 1. The zero-order valence-corrected chi connectivity index (χ0v) is 20.4. The number of likely N-dealkylation sites (tertiary alicyclic amines) is 1. The molecule has 1 heterocycles. The van der Waals surface area contributed by atoms with Crippen molar-refractivity contribution in [3.8, 4) is 5.75 Å². The molecule has 1 aromatic rings. The van der Waals surface area contributed by atoms with Gasteiger partial charge in [-0.2, -0.15) is 0 Å². The second-order valence-electron chi connectivity index (χ2n) is 7.69. The Balaban J connectivity index is 0.00000392. The fraction of sp³-hybridized carbons (Fsp3) is 0.682. The van der Waals surface area contributed by atoms with Crippen molar-refractivity contribution < 1.29 is 4.74 Å². The van der Waals surface area contributed by atoms with E-state index in [-0.39, 0.29) is 24.0 Å². The Hall–Kier alpha value is -1.02. The summed E-state index contributed by atoms with van der Waals surface area (Å²) >= 11 is 0. The highest BCUT2D eigenvalue weighted by molar-refractivity contribution is 14.0. The molecule has 5 nitrogen and oxygen atoms in total. The average Bonchev–Trinajstić information content (AvgIpc) is 2.69. The smallest absolute Gasteiger partial charge is 0.191 e. The zero-order chi connectivity index (χ0) is 19.5. The molecular weight excluding hydrogens is 463 g/mol. The number of rotatable bonds is 9.